The van der Waals surface area contributed by atoms with Crippen LogP contribution in [0.5, 0.6) is 0 Å². The van der Waals surface area contributed by atoms with Crippen molar-refractivity contribution in [1.29, 1.82) is 0 Å². The van der Waals surface area contributed by atoms with Gasteiger partial charge in [-0.15, -0.1) is 0 Å². The van der Waals surface area contributed by atoms with Gasteiger partial charge < -0.3 is 9.47 Å². The van der Waals surface area contributed by atoms with Gasteiger partial charge in [0.05, 0.1) is 10.5 Å². The van der Waals surface area contributed by atoms with Crippen LogP contribution >= 0.6 is 11.6 Å². The number of imidazole rings is 1. The normalized spacial score (nSPS) is 15.3. The molecule has 1 N–H and O–H groups in total. The number of benzene rings is 2. The molecular formula is C24H27ClN6. The topological polar surface area (TPSA) is 53.0 Å². The molecule has 2 aromatic carbocycles. The van der Waals surface area contributed by atoms with Crippen LogP contribution in [0.4, 0.5) is 5.69 Å². The van der Waals surface area contributed by atoms with E-state index in [2.05, 4.69) is 64.2 Å². The van der Waals surface area contributed by atoms with Crippen molar-refractivity contribution in [2.45, 2.75) is 19.9 Å². The Morgan fingerprint density at radius 2 is 1.71 bits per heavy atom. The van der Waals surface area contributed by atoms with E-state index in [9.17, 15) is 0 Å². The smallest absolute Gasteiger partial charge is 0.161 e. The van der Waals surface area contributed by atoms with Gasteiger partial charge in [-0.1, -0.05) is 23.7 Å². The van der Waals surface area contributed by atoms with E-state index in [1.54, 1.807) is 6.20 Å². The number of anilines is 1. The molecule has 0 unspecified atom stereocenters. The van der Waals surface area contributed by atoms with Gasteiger partial charge in [-0.3, -0.25) is 10.00 Å². The van der Waals surface area contributed by atoms with E-state index >= 15 is 0 Å². The zero-order valence-electron chi connectivity index (χ0n) is 18.1. The third-order valence-corrected chi connectivity index (χ3v) is 6.57. The zero-order chi connectivity index (χ0) is 21.5. The van der Waals surface area contributed by atoms with Crippen LogP contribution in [0, 0.1) is 0 Å². The number of H-pyrrole nitrogens is 1. The largest absolute Gasteiger partial charge is 0.369 e. The molecule has 0 aliphatic carbocycles. The first kappa shape index (κ1) is 20.1. The fourth-order valence-electron chi connectivity index (χ4n) is 4.39. The van der Waals surface area contributed by atoms with Crippen LogP contribution in [0.25, 0.3) is 33.7 Å². The Morgan fingerprint density at radius 1 is 0.968 bits per heavy atom. The SMILES string of the molecule is CC(C)N1CCN(c2ccc(-c3cc(Cl)c4nc(-c5cc[nH]n5)n(C)c4c3)cc2)CC1. The van der Waals surface area contributed by atoms with Crippen LogP contribution in [0.2, 0.25) is 5.02 Å². The van der Waals surface area contributed by atoms with Crippen molar-refractivity contribution < 1.29 is 0 Å². The van der Waals surface area contributed by atoms with E-state index in [1.807, 2.05) is 23.7 Å². The number of nitrogens with zero attached hydrogens (tertiary/aromatic N) is 5. The van der Waals surface area contributed by atoms with Crippen LogP contribution in [0.15, 0.2) is 48.7 Å². The molecule has 0 radical (unpaired) electrons. The lowest BCUT2D eigenvalue weighted by molar-refractivity contribution is 0.209. The number of aromatic nitrogens is 4. The third kappa shape index (κ3) is 3.70. The summed E-state index contributed by atoms with van der Waals surface area (Å²) < 4.78 is 2.05. The molecule has 31 heavy (non-hydrogen) atoms. The number of piperazine rings is 1. The lowest BCUT2D eigenvalue weighted by Gasteiger charge is -2.38. The second-order valence-corrected chi connectivity index (χ2v) is 8.85. The van der Waals surface area contributed by atoms with Crippen LogP contribution < -0.4 is 4.90 Å². The van der Waals surface area contributed by atoms with E-state index in [4.69, 9.17) is 16.6 Å². The summed E-state index contributed by atoms with van der Waals surface area (Å²) in [6.07, 6.45) is 1.80. The molecule has 2 aromatic heterocycles. The van der Waals surface area contributed by atoms with Gasteiger partial charge in [0, 0.05) is 51.2 Å². The first-order valence-corrected chi connectivity index (χ1v) is 11.1. The molecule has 7 heteroatoms. The second kappa shape index (κ2) is 8.02. The van der Waals surface area contributed by atoms with Gasteiger partial charge in [0.1, 0.15) is 11.2 Å². The van der Waals surface area contributed by atoms with Gasteiger partial charge in [0.2, 0.25) is 0 Å². The number of rotatable bonds is 4. The first-order valence-electron chi connectivity index (χ1n) is 10.8. The lowest BCUT2D eigenvalue weighted by Crippen LogP contribution is -2.48. The summed E-state index contributed by atoms with van der Waals surface area (Å²) in [5.74, 6) is 0.797. The highest BCUT2D eigenvalue weighted by Gasteiger charge is 2.19. The van der Waals surface area contributed by atoms with E-state index in [0.29, 0.717) is 11.1 Å². The number of aromatic amines is 1. The minimum Gasteiger partial charge on any atom is -0.369 e. The molecule has 1 saturated heterocycles. The molecule has 5 rings (SSSR count). The van der Waals surface area contributed by atoms with E-state index in [1.165, 1.54) is 5.69 Å². The fourth-order valence-corrected chi connectivity index (χ4v) is 4.64. The van der Waals surface area contributed by atoms with E-state index < -0.39 is 0 Å². The molecule has 6 nitrogen and oxygen atoms in total. The van der Waals surface area contributed by atoms with Gasteiger partial charge in [-0.2, -0.15) is 5.10 Å². The number of fused-ring (bicyclic) bond motifs is 1. The highest BCUT2D eigenvalue weighted by molar-refractivity contribution is 6.35. The quantitative estimate of drug-likeness (QED) is 0.500. The average molecular weight is 435 g/mol. The molecule has 1 aliphatic heterocycles. The molecule has 3 heterocycles. The fraction of sp³-hybridized carbons (Fsp3) is 0.333. The molecular weight excluding hydrogens is 408 g/mol. The average Bonchev–Trinajstić information content (AvgIpc) is 3.43. The molecule has 0 saturated carbocycles. The van der Waals surface area contributed by atoms with Gasteiger partial charge in [-0.25, -0.2) is 4.98 Å². The predicted octanol–water partition coefficient (Wildman–Crippen LogP) is 4.81. The maximum Gasteiger partial charge on any atom is 0.161 e. The van der Waals surface area contributed by atoms with Crippen LogP contribution in [0.1, 0.15) is 13.8 Å². The Kier molecular flexibility index (Phi) is 5.20. The van der Waals surface area contributed by atoms with Crippen molar-refractivity contribution in [3.05, 3.63) is 53.7 Å². The summed E-state index contributed by atoms with van der Waals surface area (Å²) in [6, 6.07) is 15.5. The summed E-state index contributed by atoms with van der Waals surface area (Å²) >= 11 is 6.63. The molecule has 160 valence electrons. The lowest BCUT2D eigenvalue weighted by atomic mass is 10.0. The van der Waals surface area contributed by atoms with Gasteiger partial charge in [0.15, 0.2) is 5.82 Å². The first-order chi connectivity index (χ1) is 15.0. The van der Waals surface area contributed by atoms with Crippen LogP contribution in [0.3, 0.4) is 0 Å². The summed E-state index contributed by atoms with van der Waals surface area (Å²) in [7, 11) is 2.00. The number of hydrogen-bond donors (Lipinski definition) is 1. The monoisotopic (exact) mass is 434 g/mol. The Bertz CT molecular complexity index is 1190. The maximum atomic E-state index is 6.63. The summed E-state index contributed by atoms with van der Waals surface area (Å²) in [5.41, 5.74) is 6.11. The number of aryl methyl sites for hydroxylation is 1. The van der Waals surface area contributed by atoms with E-state index in [0.717, 1.165) is 59.9 Å². The Labute approximate surface area is 187 Å². The van der Waals surface area contributed by atoms with Crippen molar-refractivity contribution in [1.82, 2.24) is 24.6 Å². The Hall–Kier alpha value is -2.83. The summed E-state index contributed by atoms with van der Waals surface area (Å²) in [5, 5.41) is 7.76. The van der Waals surface area contributed by atoms with Crippen LogP contribution in [-0.4, -0.2) is 56.9 Å². The van der Waals surface area contributed by atoms with Gasteiger partial charge >= 0.3 is 0 Å². The zero-order valence-corrected chi connectivity index (χ0v) is 18.9. The molecule has 1 fully saturated rings. The molecule has 0 bridgehead atoms. The van der Waals surface area contributed by atoms with Gasteiger partial charge in [0.25, 0.3) is 0 Å². The molecule has 0 atom stereocenters. The molecule has 4 aromatic rings. The standard InChI is InChI=1S/C24H27ClN6/c1-16(2)30-10-12-31(13-11-30)19-6-4-17(5-7-19)18-14-20(25)23-22(15-18)29(3)24(27-23)21-8-9-26-28-21/h4-9,14-16H,10-13H2,1-3H3,(H,26,28). The highest BCUT2D eigenvalue weighted by Crippen LogP contribution is 2.33. The van der Waals surface area contributed by atoms with Gasteiger partial charge in [-0.05, 0) is 55.3 Å². The Balaban J connectivity index is 1.43. The predicted molar refractivity (Wildman–Crippen MR) is 128 cm³/mol. The summed E-state index contributed by atoms with van der Waals surface area (Å²) in [6.45, 7) is 8.91. The second-order valence-electron chi connectivity index (χ2n) is 8.44. The van der Waals surface area contributed by atoms with Crippen molar-refractivity contribution >= 4 is 28.3 Å². The van der Waals surface area contributed by atoms with Crippen molar-refractivity contribution in [3.8, 4) is 22.6 Å². The highest BCUT2D eigenvalue weighted by atomic mass is 35.5. The maximum absolute atomic E-state index is 6.63. The minimum absolute atomic E-state index is 0.615. The van der Waals surface area contributed by atoms with Crippen molar-refractivity contribution in [3.63, 3.8) is 0 Å². The molecule has 0 spiro atoms. The molecule has 0 amide bonds. The molecule has 1 aliphatic rings. The van der Waals surface area contributed by atoms with Crippen molar-refractivity contribution in [2.24, 2.45) is 7.05 Å². The Morgan fingerprint density at radius 3 is 2.35 bits per heavy atom. The van der Waals surface area contributed by atoms with Crippen molar-refractivity contribution in [2.75, 3.05) is 31.1 Å². The van der Waals surface area contributed by atoms with Crippen LogP contribution in [-0.2, 0) is 7.05 Å². The number of hydrogen-bond acceptors (Lipinski definition) is 4. The number of nitrogens with one attached hydrogen (secondary N) is 1. The minimum atomic E-state index is 0.615. The third-order valence-electron chi connectivity index (χ3n) is 6.28. The summed E-state index contributed by atoms with van der Waals surface area (Å²) in [4.78, 5) is 9.72. The number of halogens is 1. The van der Waals surface area contributed by atoms with E-state index in [-0.39, 0.29) is 0 Å².